The summed E-state index contributed by atoms with van der Waals surface area (Å²) in [4.78, 5) is 23.9. The van der Waals surface area contributed by atoms with E-state index in [4.69, 9.17) is 4.74 Å². The Kier molecular flexibility index (Phi) is 6.49. The lowest BCUT2D eigenvalue weighted by Gasteiger charge is -2.14. The predicted octanol–water partition coefficient (Wildman–Crippen LogP) is 3.18. The van der Waals surface area contributed by atoms with E-state index in [9.17, 15) is 14.0 Å². The summed E-state index contributed by atoms with van der Waals surface area (Å²) < 4.78 is 17.9. The minimum Gasteiger partial charge on any atom is -0.455 e. The van der Waals surface area contributed by atoms with Crippen LogP contribution in [0.3, 0.4) is 0 Å². The number of nitrogens with one attached hydrogen (secondary N) is 1. The van der Waals surface area contributed by atoms with E-state index in [0.29, 0.717) is 6.42 Å². The molecule has 0 saturated heterocycles. The van der Waals surface area contributed by atoms with Gasteiger partial charge in [0, 0.05) is 6.54 Å². The first-order chi connectivity index (χ1) is 11.6. The Morgan fingerprint density at radius 1 is 1.08 bits per heavy atom. The number of carbonyl (C=O) groups excluding carboxylic acids is 2. The molecule has 0 aliphatic carbocycles. The average molecular weight is 329 g/mol. The molecule has 126 valence electrons. The van der Waals surface area contributed by atoms with Crippen LogP contribution < -0.4 is 5.32 Å². The number of hydrogen-bond donors (Lipinski definition) is 1. The molecule has 0 spiro atoms. The van der Waals surface area contributed by atoms with E-state index in [1.807, 2.05) is 37.3 Å². The van der Waals surface area contributed by atoms with Gasteiger partial charge in [-0.2, -0.15) is 0 Å². The van der Waals surface area contributed by atoms with Crippen LogP contribution in [0.15, 0.2) is 54.6 Å². The van der Waals surface area contributed by atoms with Gasteiger partial charge in [0.2, 0.25) is 0 Å². The maximum Gasteiger partial charge on any atom is 0.313 e. The second-order valence-electron chi connectivity index (χ2n) is 5.38. The van der Waals surface area contributed by atoms with E-state index < -0.39 is 11.9 Å². The van der Waals surface area contributed by atoms with Crippen molar-refractivity contribution in [2.45, 2.75) is 25.8 Å². The molecule has 0 unspecified atom stereocenters. The molecular formula is C19H20FNO3. The van der Waals surface area contributed by atoms with Crippen molar-refractivity contribution < 1.29 is 18.7 Å². The first-order valence-corrected chi connectivity index (χ1v) is 7.83. The van der Waals surface area contributed by atoms with Crippen LogP contribution in [0, 0.1) is 5.82 Å². The molecule has 0 aliphatic heterocycles. The van der Waals surface area contributed by atoms with Crippen molar-refractivity contribution in [2.75, 3.05) is 6.61 Å². The van der Waals surface area contributed by atoms with E-state index in [2.05, 4.69) is 5.32 Å². The van der Waals surface area contributed by atoms with Gasteiger partial charge in [-0.25, -0.2) is 4.39 Å². The number of hydrogen-bond acceptors (Lipinski definition) is 3. The van der Waals surface area contributed by atoms with Crippen LogP contribution in [0.25, 0.3) is 0 Å². The first-order valence-electron chi connectivity index (χ1n) is 7.83. The molecule has 24 heavy (non-hydrogen) atoms. The van der Waals surface area contributed by atoms with Gasteiger partial charge in [0.25, 0.3) is 5.91 Å². The average Bonchev–Trinajstić information content (AvgIpc) is 2.61. The SMILES string of the molecule is CC[C@H](C(=O)OCC(=O)NCc1ccc(F)cc1)c1ccccc1. The van der Waals surface area contributed by atoms with Gasteiger partial charge < -0.3 is 10.1 Å². The number of carbonyl (C=O) groups is 2. The fourth-order valence-corrected chi connectivity index (χ4v) is 2.32. The van der Waals surface area contributed by atoms with Crippen molar-refractivity contribution in [1.82, 2.24) is 5.32 Å². The lowest BCUT2D eigenvalue weighted by molar-refractivity contribution is -0.150. The Bertz CT molecular complexity index is 671. The number of halogens is 1. The van der Waals surface area contributed by atoms with Crippen molar-refractivity contribution in [3.05, 3.63) is 71.5 Å². The summed E-state index contributed by atoms with van der Waals surface area (Å²) in [5.74, 6) is -1.52. The van der Waals surface area contributed by atoms with Crippen LogP contribution in [0.2, 0.25) is 0 Å². The van der Waals surface area contributed by atoms with E-state index in [1.54, 1.807) is 12.1 Å². The normalized spacial score (nSPS) is 11.6. The summed E-state index contributed by atoms with van der Waals surface area (Å²) in [6, 6.07) is 15.2. The Balaban J connectivity index is 1.80. The molecule has 5 heteroatoms. The summed E-state index contributed by atoms with van der Waals surface area (Å²) in [6.07, 6.45) is 0.597. The van der Waals surface area contributed by atoms with Gasteiger partial charge in [0.1, 0.15) is 5.82 Å². The van der Waals surface area contributed by atoms with Crippen molar-refractivity contribution in [3.8, 4) is 0 Å². The van der Waals surface area contributed by atoms with Gasteiger partial charge in [0.15, 0.2) is 6.61 Å². The maximum atomic E-state index is 12.8. The number of esters is 1. The summed E-state index contributed by atoms with van der Waals surface area (Å²) in [5, 5.41) is 2.63. The summed E-state index contributed by atoms with van der Waals surface area (Å²) in [6.45, 7) is 1.82. The third-order valence-electron chi connectivity index (χ3n) is 3.64. The van der Waals surface area contributed by atoms with E-state index in [1.165, 1.54) is 12.1 Å². The zero-order valence-electron chi connectivity index (χ0n) is 13.5. The Morgan fingerprint density at radius 3 is 2.38 bits per heavy atom. The van der Waals surface area contributed by atoms with Crippen LogP contribution in [-0.4, -0.2) is 18.5 Å². The lowest BCUT2D eigenvalue weighted by Crippen LogP contribution is -2.29. The Labute approximate surface area is 140 Å². The Morgan fingerprint density at radius 2 is 1.75 bits per heavy atom. The van der Waals surface area contributed by atoms with Gasteiger partial charge in [-0.1, -0.05) is 49.4 Å². The van der Waals surface area contributed by atoms with Gasteiger partial charge >= 0.3 is 5.97 Å². The minimum atomic E-state index is -0.416. The third-order valence-corrected chi connectivity index (χ3v) is 3.64. The molecule has 1 atom stereocenters. The summed E-state index contributed by atoms with van der Waals surface area (Å²) >= 11 is 0. The van der Waals surface area contributed by atoms with Gasteiger partial charge in [-0.3, -0.25) is 9.59 Å². The molecule has 0 radical (unpaired) electrons. The second-order valence-corrected chi connectivity index (χ2v) is 5.38. The van der Waals surface area contributed by atoms with Crippen molar-refractivity contribution >= 4 is 11.9 Å². The Hall–Kier alpha value is -2.69. The van der Waals surface area contributed by atoms with E-state index in [0.717, 1.165) is 11.1 Å². The molecule has 0 saturated carbocycles. The number of ether oxygens (including phenoxy) is 1. The molecule has 1 N–H and O–H groups in total. The highest BCUT2D eigenvalue weighted by Gasteiger charge is 2.20. The molecule has 0 fully saturated rings. The predicted molar refractivity (Wildman–Crippen MR) is 88.7 cm³/mol. The third kappa shape index (κ3) is 5.19. The minimum absolute atomic E-state index is 0.257. The van der Waals surface area contributed by atoms with Gasteiger partial charge in [-0.15, -0.1) is 0 Å². The van der Waals surface area contributed by atoms with Crippen LogP contribution in [0.1, 0.15) is 30.4 Å². The largest absolute Gasteiger partial charge is 0.455 e. The smallest absolute Gasteiger partial charge is 0.313 e. The summed E-state index contributed by atoms with van der Waals surface area (Å²) in [7, 11) is 0. The van der Waals surface area contributed by atoms with Crippen molar-refractivity contribution in [2.24, 2.45) is 0 Å². The van der Waals surface area contributed by atoms with Crippen LogP contribution in [-0.2, 0) is 20.9 Å². The zero-order valence-corrected chi connectivity index (χ0v) is 13.5. The number of benzene rings is 2. The second kappa shape index (κ2) is 8.82. The van der Waals surface area contributed by atoms with Crippen LogP contribution in [0.4, 0.5) is 4.39 Å². The highest BCUT2D eigenvalue weighted by atomic mass is 19.1. The van der Waals surface area contributed by atoms with Gasteiger partial charge in [0.05, 0.1) is 5.92 Å². The van der Waals surface area contributed by atoms with Crippen molar-refractivity contribution in [3.63, 3.8) is 0 Å². The monoisotopic (exact) mass is 329 g/mol. The fraction of sp³-hybridized carbons (Fsp3) is 0.263. The maximum absolute atomic E-state index is 12.8. The molecule has 1 amide bonds. The van der Waals surface area contributed by atoms with E-state index in [-0.39, 0.29) is 24.9 Å². The van der Waals surface area contributed by atoms with Crippen molar-refractivity contribution in [1.29, 1.82) is 0 Å². The topological polar surface area (TPSA) is 55.4 Å². The van der Waals surface area contributed by atoms with Crippen LogP contribution in [0.5, 0.6) is 0 Å². The molecule has 0 heterocycles. The standard InChI is InChI=1S/C19H20FNO3/c1-2-17(15-6-4-3-5-7-15)19(23)24-13-18(22)21-12-14-8-10-16(20)11-9-14/h3-11,17H,2,12-13H2,1H3,(H,21,22)/t17-/m0/s1. The molecule has 2 aromatic rings. The molecule has 0 aliphatic rings. The van der Waals surface area contributed by atoms with Gasteiger partial charge in [-0.05, 0) is 29.7 Å². The van der Waals surface area contributed by atoms with Crippen LogP contribution >= 0.6 is 0 Å². The fourth-order valence-electron chi connectivity index (χ4n) is 2.32. The highest BCUT2D eigenvalue weighted by Crippen LogP contribution is 2.20. The number of amides is 1. The number of rotatable bonds is 7. The zero-order chi connectivity index (χ0) is 17.4. The highest BCUT2D eigenvalue weighted by molar-refractivity contribution is 5.83. The molecule has 2 rings (SSSR count). The summed E-state index contributed by atoms with van der Waals surface area (Å²) in [5.41, 5.74) is 1.64. The molecular weight excluding hydrogens is 309 g/mol. The molecule has 0 bridgehead atoms. The lowest BCUT2D eigenvalue weighted by atomic mass is 9.97. The molecule has 0 aromatic heterocycles. The van der Waals surface area contributed by atoms with E-state index >= 15 is 0 Å². The quantitative estimate of drug-likeness (QED) is 0.794. The first kappa shape index (κ1) is 17.7. The molecule has 4 nitrogen and oxygen atoms in total. The molecule has 2 aromatic carbocycles.